The van der Waals surface area contributed by atoms with Crippen molar-refractivity contribution in [2.45, 2.75) is 66.2 Å². The lowest BCUT2D eigenvalue weighted by atomic mass is 10.1. The van der Waals surface area contributed by atoms with Gasteiger partial charge in [-0.15, -0.1) is 0 Å². The van der Waals surface area contributed by atoms with Gasteiger partial charge in [0.05, 0.1) is 5.54 Å². The molecule has 1 aromatic rings. The average Bonchev–Trinajstić information content (AvgIpc) is 2.53. The van der Waals surface area contributed by atoms with Gasteiger partial charge in [-0.05, 0) is 60.1 Å². The van der Waals surface area contributed by atoms with Gasteiger partial charge in [0.1, 0.15) is 5.60 Å². The summed E-state index contributed by atoms with van der Waals surface area (Å²) >= 11 is 0. The monoisotopic (exact) mass is 309 g/mol. The molecule has 126 valence electrons. The van der Waals surface area contributed by atoms with Crippen LogP contribution in [-0.4, -0.2) is 28.3 Å². The summed E-state index contributed by atoms with van der Waals surface area (Å²) in [6.07, 6.45) is -0.383. The van der Waals surface area contributed by atoms with E-state index in [2.05, 4.69) is 42.2 Å². The van der Waals surface area contributed by atoms with E-state index in [-0.39, 0.29) is 11.6 Å². The molecule has 0 aliphatic heterocycles. The molecule has 5 nitrogen and oxygen atoms in total. The molecule has 0 aliphatic rings. The largest absolute Gasteiger partial charge is 0.444 e. The van der Waals surface area contributed by atoms with Crippen molar-refractivity contribution in [3.63, 3.8) is 0 Å². The summed E-state index contributed by atoms with van der Waals surface area (Å²) < 4.78 is 7.48. The van der Waals surface area contributed by atoms with Gasteiger partial charge in [-0.1, -0.05) is 0 Å². The number of rotatable bonds is 5. The molecule has 5 heteroatoms. The molecule has 0 saturated carbocycles. The van der Waals surface area contributed by atoms with Crippen molar-refractivity contribution in [2.75, 3.05) is 6.54 Å². The number of hydrogen-bond acceptors (Lipinski definition) is 3. The maximum absolute atomic E-state index is 11.8. The number of nitrogens with one attached hydrogen (secondary N) is 2. The third-order valence-electron chi connectivity index (χ3n) is 3.60. The predicted molar refractivity (Wildman–Crippen MR) is 90.0 cm³/mol. The number of amides is 1. The number of carbonyl (C=O) groups is 1. The number of ether oxygens (including phenoxy) is 1. The van der Waals surface area contributed by atoms with Crippen LogP contribution in [-0.2, 0) is 18.3 Å². The van der Waals surface area contributed by atoms with Crippen molar-refractivity contribution in [3.8, 4) is 0 Å². The first-order valence-corrected chi connectivity index (χ1v) is 7.75. The van der Waals surface area contributed by atoms with E-state index >= 15 is 0 Å². The lowest BCUT2D eigenvalue weighted by molar-refractivity contribution is 0.0472. The minimum atomic E-state index is -0.480. The van der Waals surface area contributed by atoms with Crippen LogP contribution in [0.15, 0.2) is 6.07 Å². The fourth-order valence-corrected chi connectivity index (χ4v) is 2.25. The van der Waals surface area contributed by atoms with E-state index in [1.165, 1.54) is 17.0 Å². The van der Waals surface area contributed by atoms with Gasteiger partial charge in [0.25, 0.3) is 0 Å². The van der Waals surface area contributed by atoms with Crippen molar-refractivity contribution in [2.24, 2.45) is 7.05 Å². The highest BCUT2D eigenvalue weighted by Crippen LogP contribution is 2.13. The van der Waals surface area contributed by atoms with Crippen LogP contribution in [0.3, 0.4) is 0 Å². The van der Waals surface area contributed by atoms with Crippen LogP contribution in [0.25, 0.3) is 0 Å². The van der Waals surface area contributed by atoms with Crippen LogP contribution < -0.4 is 10.6 Å². The molecule has 0 spiro atoms. The number of nitrogens with zero attached hydrogens (tertiary/aromatic N) is 1. The summed E-state index contributed by atoms with van der Waals surface area (Å²) in [5.41, 5.74) is 2.95. The standard InChI is InChI=1S/C17H31N3O2/c1-12-9-14(13(2)20(12)8)10-18-11-17(6,7)19-15(21)22-16(3,4)5/h9,18H,10-11H2,1-8H3,(H,19,21). The number of aromatic nitrogens is 1. The molecule has 0 aliphatic carbocycles. The highest BCUT2D eigenvalue weighted by atomic mass is 16.6. The minimum Gasteiger partial charge on any atom is -0.444 e. The topological polar surface area (TPSA) is 55.3 Å². The van der Waals surface area contributed by atoms with Gasteiger partial charge in [0.15, 0.2) is 0 Å². The summed E-state index contributed by atoms with van der Waals surface area (Å²) in [5, 5.41) is 6.31. The molecule has 1 amide bonds. The Balaban J connectivity index is 2.48. The molecule has 0 bridgehead atoms. The molecule has 1 heterocycles. The van der Waals surface area contributed by atoms with Gasteiger partial charge in [-0.25, -0.2) is 4.79 Å². The molecule has 0 fully saturated rings. The van der Waals surface area contributed by atoms with Crippen molar-refractivity contribution < 1.29 is 9.53 Å². The van der Waals surface area contributed by atoms with Crippen LogP contribution >= 0.6 is 0 Å². The zero-order valence-corrected chi connectivity index (χ0v) is 15.3. The maximum Gasteiger partial charge on any atom is 0.408 e. The van der Waals surface area contributed by atoms with Gasteiger partial charge in [-0.3, -0.25) is 0 Å². The van der Waals surface area contributed by atoms with Gasteiger partial charge in [0, 0.05) is 31.5 Å². The predicted octanol–water partition coefficient (Wildman–Crippen LogP) is 3.03. The molecule has 1 aromatic heterocycles. The second-order valence-electron chi connectivity index (χ2n) is 7.57. The summed E-state index contributed by atoms with van der Waals surface area (Å²) in [6, 6.07) is 2.19. The van der Waals surface area contributed by atoms with Crippen LogP contribution in [0, 0.1) is 13.8 Å². The smallest absolute Gasteiger partial charge is 0.408 e. The van der Waals surface area contributed by atoms with E-state index in [1.54, 1.807) is 0 Å². The number of alkyl carbamates (subject to hydrolysis) is 1. The molecule has 1 rings (SSSR count). The Morgan fingerprint density at radius 3 is 2.27 bits per heavy atom. The van der Waals surface area contributed by atoms with E-state index in [4.69, 9.17) is 4.74 Å². The fourth-order valence-electron chi connectivity index (χ4n) is 2.25. The minimum absolute atomic E-state index is 0.375. The molecule has 22 heavy (non-hydrogen) atoms. The highest BCUT2D eigenvalue weighted by Gasteiger charge is 2.24. The lowest BCUT2D eigenvalue weighted by Gasteiger charge is -2.29. The number of aryl methyl sites for hydroxylation is 1. The van der Waals surface area contributed by atoms with Crippen molar-refractivity contribution in [3.05, 3.63) is 23.0 Å². The normalized spacial score (nSPS) is 12.4. The van der Waals surface area contributed by atoms with Crippen LogP contribution in [0.2, 0.25) is 0 Å². The third kappa shape index (κ3) is 5.72. The van der Waals surface area contributed by atoms with Gasteiger partial charge >= 0.3 is 6.09 Å². The summed E-state index contributed by atoms with van der Waals surface area (Å²) in [7, 11) is 2.07. The van der Waals surface area contributed by atoms with E-state index in [1.807, 2.05) is 34.6 Å². The van der Waals surface area contributed by atoms with Gasteiger partial charge in [-0.2, -0.15) is 0 Å². The second kappa shape index (κ2) is 6.73. The van der Waals surface area contributed by atoms with Crippen LogP contribution in [0.5, 0.6) is 0 Å². The number of carbonyl (C=O) groups excluding carboxylic acids is 1. The number of hydrogen-bond donors (Lipinski definition) is 2. The Morgan fingerprint density at radius 1 is 1.23 bits per heavy atom. The average molecular weight is 309 g/mol. The quantitative estimate of drug-likeness (QED) is 0.879. The molecule has 0 atom stereocenters. The van der Waals surface area contributed by atoms with Crippen molar-refractivity contribution in [1.29, 1.82) is 0 Å². The SMILES string of the molecule is Cc1cc(CNCC(C)(C)NC(=O)OC(C)(C)C)c(C)n1C. The van der Waals surface area contributed by atoms with Crippen LogP contribution in [0.4, 0.5) is 4.79 Å². The molecule has 2 N–H and O–H groups in total. The first kappa shape index (κ1) is 18.6. The second-order valence-corrected chi connectivity index (χ2v) is 7.57. The molecule has 0 saturated heterocycles. The first-order valence-electron chi connectivity index (χ1n) is 7.75. The van der Waals surface area contributed by atoms with Crippen LogP contribution in [0.1, 0.15) is 51.6 Å². The van der Waals surface area contributed by atoms with Crippen molar-refractivity contribution >= 4 is 6.09 Å². The molecular weight excluding hydrogens is 278 g/mol. The Kier molecular flexibility index (Phi) is 5.68. The summed E-state index contributed by atoms with van der Waals surface area (Å²) in [6.45, 7) is 15.2. The van der Waals surface area contributed by atoms with E-state index in [0.29, 0.717) is 6.54 Å². The molecule has 0 unspecified atom stereocenters. The molecule has 0 radical (unpaired) electrons. The Bertz CT molecular complexity index is 525. The summed E-state index contributed by atoms with van der Waals surface area (Å²) in [5.74, 6) is 0. The maximum atomic E-state index is 11.8. The first-order chi connectivity index (χ1) is 9.91. The van der Waals surface area contributed by atoms with Gasteiger partial charge in [0.2, 0.25) is 0 Å². The zero-order valence-electron chi connectivity index (χ0n) is 15.3. The Hall–Kier alpha value is -1.49. The molecule has 0 aromatic carbocycles. The van der Waals surface area contributed by atoms with E-state index < -0.39 is 5.60 Å². The lowest BCUT2D eigenvalue weighted by Crippen LogP contribution is -2.51. The fraction of sp³-hybridized carbons (Fsp3) is 0.706. The molecular formula is C17H31N3O2. The zero-order chi connectivity index (χ0) is 17.1. The third-order valence-corrected chi connectivity index (χ3v) is 3.60. The highest BCUT2D eigenvalue weighted by molar-refractivity contribution is 5.68. The van der Waals surface area contributed by atoms with E-state index in [0.717, 1.165) is 6.54 Å². The summed E-state index contributed by atoms with van der Waals surface area (Å²) in [4.78, 5) is 11.8. The van der Waals surface area contributed by atoms with Crippen molar-refractivity contribution in [1.82, 2.24) is 15.2 Å². The Morgan fingerprint density at radius 2 is 1.82 bits per heavy atom. The van der Waals surface area contributed by atoms with E-state index in [9.17, 15) is 4.79 Å². The Labute approximate surface area is 134 Å². The van der Waals surface area contributed by atoms with Gasteiger partial charge < -0.3 is 19.9 Å².